The molecular formula is C18H15ClF3N3OS. The first-order chi connectivity index (χ1) is 12.7. The summed E-state index contributed by atoms with van der Waals surface area (Å²) in [5.41, 5.74) is -0.400. The van der Waals surface area contributed by atoms with Crippen molar-refractivity contribution in [1.82, 2.24) is 14.5 Å². The second-order valence-corrected chi connectivity index (χ2v) is 8.13. The molecule has 1 aromatic carbocycles. The molecule has 2 aromatic heterocycles. The molecule has 4 nitrogen and oxygen atoms in total. The normalized spacial score (nSPS) is 13.3. The largest absolute Gasteiger partial charge is 0.406 e. The Bertz CT molecular complexity index is 1110. The first kappa shape index (κ1) is 19.6. The van der Waals surface area contributed by atoms with E-state index in [1.165, 1.54) is 12.3 Å². The van der Waals surface area contributed by atoms with E-state index in [1.54, 1.807) is 24.3 Å². The zero-order chi connectivity index (χ0) is 19.8. The van der Waals surface area contributed by atoms with Gasteiger partial charge in [-0.05, 0) is 25.3 Å². The lowest BCUT2D eigenvalue weighted by atomic mass is 10.1. The van der Waals surface area contributed by atoms with Gasteiger partial charge in [0, 0.05) is 27.7 Å². The maximum atomic E-state index is 13.2. The van der Waals surface area contributed by atoms with Crippen LogP contribution in [-0.4, -0.2) is 32.3 Å². The topological polar surface area (TPSA) is 47.8 Å². The van der Waals surface area contributed by atoms with Crippen LogP contribution in [0.25, 0.3) is 22.2 Å². The highest BCUT2D eigenvalue weighted by Gasteiger charge is 2.30. The molecule has 0 fully saturated rings. The summed E-state index contributed by atoms with van der Waals surface area (Å²) in [6, 6.07) is 8.00. The minimum Gasteiger partial charge on any atom is -0.283 e. The van der Waals surface area contributed by atoms with Crippen molar-refractivity contribution < 1.29 is 13.2 Å². The van der Waals surface area contributed by atoms with E-state index in [1.807, 2.05) is 18.5 Å². The van der Waals surface area contributed by atoms with E-state index in [9.17, 15) is 18.0 Å². The molecule has 27 heavy (non-hydrogen) atoms. The van der Waals surface area contributed by atoms with Crippen molar-refractivity contribution in [1.29, 1.82) is 0 Å². The fraction of sp³-hybridized carbons (Fsp3) is 0.222. The summed E-state index contributed by atoms with van der Waals surface area (Å²) in [6.45, 7) is 0.379. The van der Waals surface area contributed by atoms with Gasteiger partial charge in [-0.1, -0.05) is 35.2 Å². The molecule has 0 saturated heterocycles. The van der Waals surface area contributed by atoms with Crippen molar-refractivity contribution in [3.63, 3.8) is 0 Å². The van der Waals surface area contributed by atoms with Crippen molar-refractivity contribution in [3.05, 3.63) is 51.9 Å². The third-order valence-electron chi connectivity index (χ3n) is 3.95. The summed E-state index contributed by atoms with van der Waals surface area (Å²) in [5.74, 6) is 0. The number of benzene rings is 1. The zero-order valence-corrected chi connectivity index (χ0v) is 16.0. The molecule has 0 aliphatic rings. The van der Waals surface area contributed by atoms with Gasteiger partial charge in [-0.25, -0.2) is 9.97 Å². The lowest BCUT2D eigenvalue weighted by molar-refractivity contribution is -0.140. The Hall–Kier alpha value is -2.19. The molecule has 1 unspecified atom stereocenters. The number of hydrogen-bond donors (Lipinski definition) is 0. The van der Waals surface area contributed by atoms with E-state index in [2.05, 4.69) is 9.97 Å². The maximum absolute atomic E-state index is 13.2. The second kappa shape index (κ2) is 7.44. The molecule has 9 heteroatoms. The molecule has 0 aliphatic carbocycles. The number of rotatable bonds is 3. The van der Waals surface area contributed by atoms with Gasteiger partial charge in [0.15, 0.2) is 5.16 Å². The van der Waals surface area contributed by atoms with Crippen molar-refractivity contribution in [2.24, 2.45) is 0 Å². The number of aromatic nitrogens is 3. The van der Waals surface area contributed by atoms with Crippen LogP contribution in [0, 0.1) is 0 Å². The van der Waals surface area contributed by atoms with Gasteiger partial charge >= 0.3 is 6.18 Å². The Morgan fingerprint density at radius 1 is 1.26 bits per heavy atom. The third kappa shape index (κ3) is 4.06. The summed E-state index contributed by atoms with van der Waals surface area (Å²) in [6.07, 6.45) is -1.28. The quantitative estimate of drug-likeness (QED) is 0.459. The highest BCUT2D eigenvalue weighted by Crippen LogP contribution is 2.29. The number of hydrogen-bond acceptors (Lipinski definition) is 3. The molecule has 0 amide bonds. The van der Waals surface area contributed by atoms with Crippen LogP contribution in [0.15, 0.2) is 46.5 Å². The lowest BCUT2D eigenvalue weighted by Crippen LogP contribution is -2.30. The monoisotopic (exact) mass is 413 g/mol. The number of fused-ring (bicyclic) bond motifs is 1. The molecule has 1 atom stereocenters. The van der Waals surface area contributed by atoms with E-state index in [4.69, 9.17) is 11.6 Å². The minimum absolute atomic E-state index is 0.0423. The Kier molecular flexibility index (Phi) is 5.39. The molecule has 3 aromatic rings. The smallest absolute Gasteiger partial charge is 0.283 e. The second-order valence-electron chi connectivity index (χ2n) is 5.77. The lowest BCUT2D eigenvalue weighted by Gasteiger charge is -2.15. The van der Waals surface area contributed by atoms with Gasteiger partial charge in [0.2, 0.25) is 0 Å². The van der Waals surface area contributed by atoms with Crippen LogP contribution in [0.3, 0.4) is 0 Å². The van der Waals surface area contributed by atoms with Gasteiger partial charge in [-0.2, -0.15) is 13.2 Å². The van der Waals surface area contributed by atoms with Crippen LogP contribution >= 0.6 is 22.1 Å². The van der Waals surface area contributed by atoms with Gasteiger partial charge < -0.3 is 0 Å². The van der Waals surface area contributed by atoms with Crippen LogP contribution in [0.5, 0.6) is 0 Å². The van der Waals surface area contributed by atoms with Crippen molar-refractivity contribution >= 4 is 38.5 Å². The van der Waals surface area contributed by atoms with Gasteiger partial charge in [0.25, 0.3) is 5.56 Å². The van der Waals surface area contributed by atoms with E-state index in [0.717, 1.165) is 0 Å². The first-order valence-corrected chi connectivity index (χ1v) is 9.95. The summed E-state index contributed by atoms with van der Waals surface area (Å²) in [4.78, 5) is 21.4. The van der Waals surface area contributed by atoms with E-state index in [0.29, 0.717) is 20.7 Å². The highest BCUT2D eigenvalue weighted by atomic mass is 35.5. The van der Waals surface area contributed by atoms with E-state index >= 15 is 0 Å². The summed E-state index contributed by atoms with van der Waals surface area (Å²) in [7, 11) is -0.444. The molecule has 142 valence electrons. The average molecular weight is 414 g/mol. The molecule has 0 saturated carbocycles. The third-order valence-corrected chi connectivity index (χ3v) is 5.76. The number of nitrogens with zero attached hydrogens (tertiary/aromatic N) is 3. The zero-order valence-electron chi connectivity index (χ0n) is 14.4. The summed E-state index contributed by atoms with van der Waals surface area (Å²) in [5, 5.41) is 2.85. The van der Waals surface area contributed by atoms with Gasteiger partial charge in [-0.15, -0.1) is 10.5 Å². The number of pyridine rings is 1. The van der Waals surface area contributed by atoms with Gasteiger partial charge in [0.05, 0.1) is 0 Å². The Morgan fingerprint density at radius 2 is 1.96 bits per heavy atom. The molecule has 0 bridgehead atoms. The molecule has 0 radical (unpaired) electrons. The molecule has 2 heterocycles. The predicted octanol–water partition coefficient (Wildman–Crippen LogP) is 4.75. The number of alkyl halides is 3. The fourth-order valence-corrected chi connectivity index (χ4v) is 3.50. The van der Waals surface area contributed by atoms with Crippen LogP contribution in [-0.2, 0) is 6.54 Å². The van der Waals surface area contributed by atoms with E-state index < -0.39 is 28.8 Å². The van der Waals surface area contributed by atoms with Crippen molar-refractivity contribution in [3.8, 4) is 11.1 Å². The Labute approximate surface area is 160 Å². The minimum atomic E-state index is -4.58. The number of halogens is 4. The fourth-order valence-electron chi connectivity index (χ4n) is 2.60. The van der Waals surface area contributed by atoms with E-state index in [-0.39, 0.29) is 16.2 Å². The maximum Gasteiger partial charge on any atom is 0.406 e. The Balaban J connectivity index is 2.37. The summed E-state index contributed by atoms with van der Waals surface area (Å²) < 4.78 is 40.1. The molecule has 0 N–H and O–H groups in total. The van der Waals surface area contributed by atoms with Crippen LogP contribution in [0.1, 0.15) is 6.92 Å². The average Bonchev–Trinajstić information content (AvgIpc) is 2.62. The molecule has 0 spiro atoms. The van der Waals surface area contributed by atoms with Crippen LogP contribution in [0.2, 0.25) is 5.02 Å². The van der Waals surface area contributed by atoms with Gasteiger partial charge in [-0.3, -0.25) is 9.36 Å². The molecule has 0 aliphatic heterocycles. The van der Waals surface area contributed by atoms with Crippen molar-refractivity contribution in [2.45, 2.75) is 24.8 Å². The summed E-state index contributed by atoms with van der Waals surface area (Å²) >= 11 is 6.15. The highest BCUT2D eigenvalue weighted by molar-refractivity contribution is 8.14. The molecule has 3 rings (SSSR count). The molecular weight excluding hydrogens is 399 g/mol. The SMILES string of the molecule is CC=S(C)c1ncc2cc(-c3ccccc3Cl)c(=O)n(CC(F)(F)F)c2n1. The Morgan fingerprint density at radius 3 is 2.59 bits per heavy atom. The van der Waals surface area contributed by atoms with Gasteiger partial charge in [0.1, 0.15) is 12.2 Å². The van der Waals surface area contributed by atoms with Crippen molar-refractivity contribution in [2.75, 3.05) is 6.26 Å². The predicted molar refractivity (Wildman–Crippen MR) is 104 cm³/mol. The first-order valence-electron chi connectivity index (χ1n) is 7.87. The van der Waals surface area contributed by atoms with Crippen LogP contribution < -0.4 is 5.56 Å². The van der Waals surface area contributed by atoms with Crippen LogP contribution in [0.4, 0.5) is 13.2 Å². The standard InChI is InChI=1S/C18H15ClF3N3OS/c1-3-27(2)17-23-9-11-8-13(12-6-4-5-7-14(12)19)16(26)25(15(11)24-17)10-18(20,21)22/h3-9H,10H2,1-2H3.